The predicted octanol–water partition coefficient (Wildman–Crippen LogP) is 0.0577. The van der Waals surface area contributed by atoms with Crippen LogP contribution in [0, 0.1) is 0 Å². The number of carbonyl (C=O) groups is 2. The smallest absolute Gasteiger partial charge is 0.234 e. The first kappa shape index (κ1) is 9.65. The summed E-state index contributed by atoms with van der Waals surface area (Å²) in [7, 11) is 0. The van der Waals surface area contributed by atoms with Gasteiger partial charge in [-0.25, -0.2) is 0 Å². The summed E-state index contributed by atoms with van der Waals surface area (Å²) < 4.78 is 0. The van der Waals surface area contributed by atoms with Crippen LogP contribution in [0.4, 0.5) is 0 Å². The molecule has 4 heteroatoms. The lowest BCUT2D eigenvalue weighted by molar-refractivity contribution is -0.126. The Morgan fingerprint density at radius 3 is 2.71 bits per heavy atom. The van der Waals surface area contributed by atoms with E-state index in [0.29, 0.717) is 6.42 Å². The molecule has 1 aliphatic carbocycles. The summed E-state index contributed by atoms with van der Waals surface area (Å²) in [6, 6.07) is -0.211. The molecule has 0 bridgehead atoms. The minimum absolute atomic E-state index is 0.0185. The number of ketones is 1. The summed E-state index contributed by atoms with van der Waals surface area (Å²) in [5.41, 5.74) is 5.31. The summed E-state index contributed by atoms with van der Waals surface area (Å²) in [6.07, 6.45) is 4.34. The number of hydrogen-bond acceptors (Lipinski definition) is 3. The molecule has 0 aromatic heterocycles. The maximum absolute atomic E-state index is 11.5. The van der Waals surface area contributed by atoms with E-state index < -0.39 is 0 Å². The fourth-order valence-electron chi connectivity index (χ4n) is 2.62. The summed E-state index contributed by atoms with van der Waals surface area (Å²) in [6.45, 7) is 0.851. The Kier molecular flexibility index (Phi) is 2.54. The lowest BCUT2D eigenvalue weighted by Crippen LogP contribution is -2.47. The van der Waals surface area contributed by atoms with E-state index in [1.807, 2.05) is 4.90 Å². The predicted molar refractivity (Wildman–Crippen MR) is 51.6 cm³/mol. The number of hydrogen-bond donors (Lipinski definition) is 1. The third kappa shape index (κ3) is 1.54. The molecule has 2 unspecified atom stereocenters. The largest absolute Gasteiger partial charge is 0.368 e. The normalized spacial score (nSPS) is 33.9. The first-order chi connectivity index (χ1) is 6.70. The molecule has 0 aromatic carbocycles. The van der Waals surface area contributed by atoms with Crippen molar-refractivity contribution in [3.63, 3.8) is 0 Å². The molecule has 2 N–H and O–H groups in total. The fourth-order valence-corrected chi connectivity index (χ4v) is 2.62. The van der Waals surface area contributed by atoms with Crippen molar-refractivity contribution in [2.24, 2.45) is 5.73 Å². The molecule has 0 aromatic rings. The van der Waals surface area contributed by atoms with Crippen molar-refractivity contribution < 1.29 is 9.59 Å². The van der Waals surface area contributed by atoms with E-state index in [1.165, 1.54) is 0 Å². The number of nitrogens with zero attached hydrogens (tertiary/aromatic N) is 1. The second-order valence-corrected chi connectivity index (χ2v) is 4.17. The summed E-state index contributed by atoms with van der Waals surface area (Å²) in [5, 5.41) is 0. The third-order valence-electron chi connectivity index (χ3n) is 3.30. The minimum Gasteiger partial charge on any atom is -0.368 e. The van der Waals surface area contributed by atoms with Crippen molar-refractivity contribution in [1.82, 2.24) is 4.90 Å². The molecule has 0 radical (unpaired) electrons. The van der Waals surface area contributed by atoms with Crippen LogP contribution in [-0.4, -0.2) is 35.2 Å². The van der Waals surface area contributed by atoms with Gasteiger partial charge < -0.3 is 5.73 Å². The summed E-state index contributed by atoms with van der Waals surface area (Å²) in [5.74, 6) is 0.0142. The van der Waals surface area contributed by atoms with E-state index in [4.69, 9.17) is 5.73 Å². The minimum atomic E-state index is -0.276. The average Bonchev–Trinajstić information content (AvgIpc) is 2.70. The molecule has 14 heavy (non-hydrogen) atoms. The van der Waals surface area contributed by atoms with Gasteiger partial charge in [0.2, 0.25) is 5.91 Å². The van der Waals surface area contributed by atoms with E-state index in [0.717, 1.165) is 32.2 Å². The van der Waals surface area contributed by atoms with Crippen molar-refractivity contribution in [1.29, 1.82) is 0 Å². The third-order valence-corrected chi connectivity index (χ3v) is 3.30. The molecule has 1 saturated heterocycles. The van der Waals surface area contributed by atoms with E-state index in [-0.39, 0.29) is 23.8 Å². The number of carbonyl (C=O) groups excluding carboxylic acids is 2. The molecular weight excluding hydrogens is 180 g/mol. The molecule has 1 heterocycles. The molecule has 2 fully saturated rings. The highest BCUT2D eigenvalue weighted by atomic mass is 16.1. The van der Waals surface area contributed by atoms with Crippen LogP contribution >= 0.6 is 0 Å². The molecule has 2 rings (SSSR count). The first-order valence-corrected chi connectivity index (χ1v) is 5.28. The van der Waals surface area contributed by atoms with Gasteiger partial charge in [0, 0.05) is 6.42 Å². The van der Waals surface area contributed by atoms with Gasteiger partial charge in [0.25, 0.3) is 0 Å². The number of primary amides is 1. The van der Waals surface area contributed by atoms with E-state index >= 15 is 0 Å². The molecule has 0 spiro atoms. The van der Waals surface area contributed by atoms with Crippen molar-refractivity contribution in [3.8, 4) is 0 Å². The van der Waals surface area contributed by atoms with Crippen LogP contribution in [0.25, 0.3) is 0 Å². The van der Waals surface area contributed by atoms with Crippen molar-refractivity contribution in [2.75, 3.05) is 6.54 Å². The molecule has 78 valence electrons. The van der Waals surface area contributed by atoms with Crippen LogP contribution in [0.15, 0.2) is 0 Å². The molecular formula is C10H16N2O2. The zero-order valence-electron chi connectivity index (χ0n) is 8.24. The highest BCUT2D eigenvalue weighted by Crippen LogP contribution is 2.27. The maximum atomic E-state index is 11.5. The molecule has 2 atom stereocenters. The van der Waals surface area contributed by atoms with E-state index in [1.54, 1.807) is 0 Å². The molecule has 1 saturated carbocycles. The van der Waals surface area contributed by atoms with Gasteiger partial charge in [-0.3, -0.25) is 14.5 Å². The lowest BCUT2D eigenvalue weighted by Gasteiger charge is -2.27. The maximum Gasteiger partial charge on any atom is 0.234 e. The van der Waals surface area contributed by atoms with Gasteiger partial charge in [-0.05, 0) is 32.2 Å². The Bertz CT molecular complexity index is 265. The van der Waals surface area contributed by atoms with Gasteiger partial charge >= 0.3 is 0 Å². The van der Waals surface area contributed by atoms with E-state index in [2.05, 4.69) is 0 Å². The Labute approximate surface area is 83.4 Å². The number of nitrogens with two attached hydrogens (primary N) is 1. The van der Waals surface area contributed by atoms with Crippen LogP contribution in [0.2, 0.25) is 0 Å². The van der Waals surface area contributed by atoms with Crippen molar-refractivity contribution in [3.05, 3.63) is 0 Å². The monoisotopic (exact) mass is 196 g/mol. The Morgan fingerprint density at radius 2 is 2.14 bits per heavy atom. The van der Waals surface area contributed by atoms with E-state index in [9.17, 15) is 9.59 Å². The summed E-state index contributed by atoms with van der Waals surface area (Å²) >= 11 is 0. The van der Waals surface area contributed by atoms with Crippen LogP contribution in [0.5, 0.6) is 0 Å². The lowest BCUT2D eigenvalue weighted by atomic mass is 10.1. The van der Waals surface area contributed by atoms with Crippen molar-refractivity contribution in [2.45, 2.75) is 44.2 Å². The molecule has 1 amide bonds. The zero-order chi connectivity index (χ0) is 10.1. The van der Waals surface area contributed by atoms with Gasteiger partial charge in [0.05, 0.1) is 12.1 Å². The van der Waals surface area contributed by atoms with Crippen molar-refractivity contribution >= 4 is 11.7 Å². The average molecular weight is 196 g/mol. The van der Waals surface area contributed by atoms with Crippen LogP contribution < -0.4 is 5.73 Å². The topological polar surface area (TPSA) is 63.4 Å². The van der Waals surface area contributed by atoms with Crippen LogP contribution in [0.3, 0.4) is 0 Å². The zero-order valence-corrected chi connectivity index (χ0v) is 8.24. The van der Waals surface area contributed by atoms with Crippen LogP contribution in [-0.2, 0) is 9.59 Å². The highest BCUT2D eigenvalue weighted by molar-refractivity contribution is 5.87. The number of amides is 1. The quantitative estimate of drug-likeness (QED) is 0.679. The second-order valence-electron chi connectivity index (χ2n) is 4.17. The van der Waals surface area contributed by atoms with Crippen LogP contribution in [0.1, 0.15) is 32.1 Å². The van der Waals surface area contributed by atoms with Gasteiger partial charge in [-0.15, -0.1) is 0 Å². The first-order valence-electron chi connectivity index (χ1n) is 5.28. The highest BCUT2D eigenvalue weighted by Gasteiger charge is 2.39. The van der Waals surface area contributed by atoms with Gasteiger partial charge in [-0.1, -0.05) is 0 Å². The number of rotatable bonds is 2. The van der Waals surface area contributed by atoms with Gasteiger partial charge in [0.1, 0.15) is 5.78 Å². The number of likely N-dealkylation sites (tertiary alicyclic amines) is 1. The second kappa shape index (κ2) is 3.69. The molecule has 2 aliphatic rings. The summed E-state index contributed by atoms with van der Waals surface area (Å²) in [4.78, 5) is 24.7. The Morgan fingerprint density at radius 1 is 1.36 bits per heavy atom. The number of Topliss-reactive ketones (excluding diaryl/α,β-unsaturated/α-hetero) is 1. The fraction of sp³-hybridized carbons (Fsp3) is 0.800. The Balaban J connectivity index is 2.09. The van der Waals surface area contributed by atoms with Gasteiger partial charge in [0.15, 0.2) is 0 Å². The standard InChI is InChI=1S/C10H16N2O2/c11-10(14)8-4-2-6-12(8)7-3-1-5-9(7)13/h7-8H,1-6H2,(H2,11,14). The molecule has 1 aliphatic heterocycles. The Hall–Kier alpha value is -0.900. The SMILES string of the molecule is NC(=O)C1CCCN1C1CCCC1=O. The molecule has 4 nitrogen and oxygen atoms in total. The van der Waals surface area contributed by atoms with Gasteiger partial charge in [-0.2, -0.15) is 0 Å².